The number of allylic oxidation sites excluding steroid dienone is 6. The summed E-state index contributed by atoms with van der Waals surface area (Å²) in [6.07, 6.45) is 3.95. The van der Waals surface area contributed by atoms with Crippen LogP contribution in [0.2, 0.25) is 0 Å². The maximum absolute atomic E-state index is 13.9. The van der Waals surface area contributed by atoms with Crippen molar-refractivity contribution in [1.82, 2.24) is 5.32 Å². The highest BCUT2D eigenvalue weighted by molar-refractivity contribution is 14.1. The summed E-state index contributed by atoms with van der Waals surface area (Å²) >= 11 is 2.05. The van der Waals surface area contributed by atoms with E-state index in [0.29, 0.717) is 12.0 Å². The van der Waals surface area contributed by atoms with Crippen LogP contribution in [0.5, 0.6) is 0 Å². The summed E-state index contributed by atoms with van der Waals surface area (Å²) in [4.78, 5) is 0. The summed E-state index contributed by atoms with van der Waals surface area (Å²) in [7, 11) is 0. The van der Waals surface area contributed by atoms with Gasteiger partial charge in [-0.25, -0.2) is 13.2 Å². The van der Waals surface area contributed by atoms with Crippen molar-refractivity contribution in [3.05, 3.63) is 44.7 Å². The zero-order valence-electron chi connectivity index (χ0n) is 11.0. The molecule has 0 saturated carbocycles. The molecule has 20 heavy (non-hydrogen) atoms. The molecule has 0 aromatic heterocycles. The Balaban J connectivity index is 2.23. The second-order valence-corrected chi connectivity index (χ2v) is 6.21. The van der Waals surface area contributed by atoms with Crippen LogP contribution < -0.4 is 11.1 Å². The fourth-order valence-corrected chi connectivity index (χ4v) is 2.86. The molecular formula is C14H16F3IN2. The first-order valence-corrected chi connectivity index (χ1v) is 7.50. The molecule has 0 amide bonds. The highest BCUT2D eigenvalue weighted by atomic mass is 127. The van der Waals surface area contributed by atoms with Gasteiger partial charge in [0.25, 0.3) is 0 Å². The van der Waals surface area contributed by atoms with Crippen LogP contribution in [0.25, 0.3) is 0 Å². The normalized spacial score (nSPS) is 30.7. The van der Waals surface area contributed by atoms with Gasteiger partial charge in [-0.3, -0.25) is 0 Å². The predicted octanol–water partition coefficient (Wildman–Crippen LogP) is 3.72. The lowest BCUT2D eigenvalue weighted by Crippen LogP contribution is -2.49. The molecule has 2 aliphatic carbocycles. The van der Waals surface area contributed by atoms with E-state index in [2.05, 4.69) is 5.32 Å². The maximum atomic E-state index is 13.9. The lowest BCUT2D eigenvalue weighted by atomic mass is 9.91. The van der Waals surface area contributed by atoms with Crippen LogP contribution in [0, 0.1) is 0 Å². The quantitative estimate of drug-likeness (QED) is 0.714. The predicted molar refractivity (Wildman–Crippen MR) is 82.2 cm³/mol. The molecule has 0 aromatic carbocycles. The number of hydrogen-bond donors (Lipinski definition) is 2. The number of halogens is 4. The first-order chi connectivity index (χ1) is 9.43. The van der Waals surface area contributed by atoms with Crippen LogP contribution in [-0.4, -0.2) is 18.3 Å². The van der Waals surface area contributed by atoms with E-state index in [4.69, 9.17) is 5.73 Å². The van der Waals surface area contributed by atoms with Crippen molar-refractivity contribution in [2.24, 2.45) is 5.73 Å². The molecule has 0 aromatic rings. The van der Waals surface area contributed by atoms with Crippen molar-refractivity contribution in [3.63, 3.8) is 0 Å². The Morgan fingerprint density at radius 1 is 1.40 bits per heavy atom. The van der Waals surface area contributed by atoms with E-state index in [9.17, 15) is 13.2 Å². The Kier molecular flexibility index (Phi) is 4.95. The van der Waals surface area contributed by atoms with E-state index in [-0.39, 0.29) is 12.1 Å². The fourth-order valence-electron chi connectivity index (χ4n) is 2.29. The summed E-state index contributed by atoms with van der Waals surface area (Å²) in [5.74, 6) is -1.90. The minimum Gasteiger partial charge on any atom is -0.375 e. The molecule has 0 radical (unpaired) electrons. The lowest BCUT2D eigenvalue weighted by molar-refractivity contribution is 0.337. The molecule has 3 unspecified atom stereocenters. The molecule has 0 bridgehead atoms. The third-order valence-electron chi connectivity index (χ3n) is 3.49. The average molecular weight is 396 g/mol. The van der Waals surface area contributed by atoms with Crippen molar-refractivity contribution in [1.29, 1.82) is 0 Å². The third-order valence-corrected chi connectivity index (χ3v) is 4.29. The number of hydrogen-bond acceptors (Lipinski definition) is 2. The van der Waals surface area contributed by atoms with Gasteiger partial charge in [0.15, 0.2) is 11.7 Å². The van der Waals surface area contributed by atoms with Crippen LogP contribution in [0.4, 0.5) is 13.2 Å². The van der Waals surface area contributed by atoms with E-state index in [0.717, 1.165) is 9.66 Å². The molecule has 2 rings (SSSR count). The van der Waals surface area contributed by atoms with Crippen molar-refractivity contribution in [2.45, 2.75) is 38.0 Å². The molecule has 0 heterocycles. The minimum absolute atomic E-state index is 0.242. The van der Waals surface area contributed by atoms with Gasteiger partial charge in [0.05, 0.1) is 6.04 Å². The van der Waals surface area contributed by atoms with E-state index < -0.39 is 29.9 Å². The van der Waals surface area contributed by atoms with Gasteiger partial charge in [-0.15, -0.1) is 0 Å². The maximum Gasteiger partial charge on any atom is 0.160 e. The first-order valence-electron chi connectivity index (χ1n) is 6.42. The molecule has 0 aliphatic heterocycles. The largest absolute Gasteiger partial charge is 0.375 e. The number of nitrogens with one attached hydrogen (secondary N) is 1. The first kappa shape index (κ1) is 15.6. The van der Waals surface area contributed by atoms with E-state index >= 15 is 0 Å². The molecule has 2 nitrogen and oxygen atoms in total. The SMILES string of the molecule is CCC1=CC(F)=C(F)C(NC2=CC=C(I)CC2F)C1N. The second kappa shape index (κ2) is 6.34. The topological polar surface area (TPSA) is 38.0 Å². The minimum atomic E-state index is -1.24. The van der Waals surface area contributed by atoms with E-state index in [1.807, 2.05) is 29.5 Å². The molecule has 6 heteroatoms. The van der Waals surface area contributed by atoms with Crippen LogP contribution in [-0.2, 0) is 0 Å². The summed E-state index contributed by atoms with van der Waals surface area (Å²) in [5, 5.41) is 2.72. The molecular weight excluding hydrogens is 380 g/mol. The Morgan fingerprint density at radius 2 is 2.10 bits per heavy atom. The lowest BCUT2D eigenvalue weighted by Gasteiger charge is -2.31. The van der Waals surface area contributed by atoms with Gasteiger partial charge >= 0.3 is 0 Å². The Bertz CT molecular complexity index is 523. The number of nitrogens with two attached hydrogens (primary N) is 1. The third kappa shape index (κ3) is 3.11. The van der Waals surface area contributed by atoms with Gasteiger partial charge in [-0.05, 0) is 50.3 Å². The monoisotopic (exact) mass is 396 g/mol. The summed E-state index contributed by atoms with van der Waals surface area (Å²) < 4.78 is 42.3. The zero-order chi connectivity index (χ0) is 14.9. The van der Waals surface area contributed by atoms with Crippen LogP contribution >= 0.6 is 22.6 Å². The molecule has 2 aliphatic rings. The summed E-state index contributed by atoms with van der Waals surface area (Å²) in [6, 6.07) is -1.75. The molecule has 3 atom stereocenters. The van der Waals surface area contributed by atoms with Gasteiger partial charge in [0, 0.05) is 12.1 Å². The molecule has 3 N–H and O–H groups in total. The number of rotatable bonds is 3. The van der Waals surface area contributed by atoms with Crippen LogP contribution in [0.3, 0.4) is 0 Å². The van der Waals surface area contributed by atoms with Gasteiger partial charge in [0.1, 0.15) is 12.2 Å². The van der Waals surface area contributed by atoms with Crippen LogP contribution in [0.1, 0.15) is 19.8 Å². The fraction of sp³-hybridized carbons (Fsp3) is 0.429. The standard InChI is InChI=1S/C14H16F3IN2/c1-2-7-5-10(16)12(17)14(13(7)19)20-11-4-3-8(18)6-9(11)15/h3-5,9,13-14,20H,2,6,19H2,1H3. The smallest absolute Gasteiger partial charge is 0.160 e. The van der Waals surface area contributed by atoms with Crippen LogP contribution in [0.15, 0.2) is 44.7 Å². The molecule has 0 fully saturated rings. The average Bonchev–Trinajstić information content (AvgIpc) is 2.41. The van der Waals surface area contributed by atoms with Gasteiger partial charge in [-0.1, -0.05) is 13.0 Å². The van der Waals surface area contributed by atoms with E-state index in [1.165, 1.54) is 0 Å². The Morgan fingerprint density at radius 3 is 2.70 bits per heavy atom. The van der Waals surface area contributed by atoms with E-state index in [1.54, 1.807) is 12.2 Å². The van der Waals surface area contributed by atoms with Gasteiger partial charge in [0.2, 0.25) is 0 Å². The highest BCUT2D eigenvalue weighted by Gasteiger charge is 2.33. The van der Waals surface area contributed by atoms with Gasteiger partial charge < -0.3 is 11.1 Å². The van der Waals surface area contributed by atoms with Crippen molar-refractivity contribution < 1.29 is 13.2 Å². The number of alkyl halides is 1. The molecule has 0 saturated heterocycles. The Labute approximate surface area is 129 Å². The summed E-state index contributed by atoms with van der Waals surface area (Å²) in [5.41, 5.74) is 6.79. The van der Waals surface area contributed by atoms with Crippen molar-refractivity contribution in [2.75, 3.05) is 0 Å². The summed E-state index contributed by atoms with van der Waals surface area (Å²) in [6.45, 7) is 1.82. The van der Waals surface area contributed by atoms with Crippen molar-refractivity contribution >= 4 is 22.6 Å². The molecule has 110 valence electrons. The van der Waals surface area contributed by atoms with Gasteiger partial charge in [-0.2, -0.15) is 0 Å². The Hall–Kier alpha value is -0.760. The second-order valence-electron chi connectivity index (χ2n) is 4.82. The molecule has 0 spiro atoms. The zero-order valence-corrected chi connectivity index (χ0v) is 13.1. The van der Waals surface area contributed by atoms with Crippen molar-refractivity contribution in [3.8, 4) is 0 Å². The highest BCUT2D eigenvalue weighted by Crippen LogP contribution is 2.30.